The minimum atomic E-state index is -0.200. The first-order valence-corrected chi connectivity index (χ1v) is 6.33. The second-order valence-corrected chi connectivity index (χ2v) is 4.43. The van der Waals surface area contributed by atoms with Gasteiger partial charge in [-0.1, -0.05) is 23.4 Å². The number of rotatable bonds is 2. The maximum atomic E-state index is 12.0. The van der Waals surface area contributed by atoms with E-state index in [0.717, 1.165) is 5.56 Å². The molecule has 0 fully saturated rings. The van der Waals surface area contributed by atoms with E-state index in [4.69, 9.17) is 16.7 Å². The van der Waals surface area contributed by atoms with Gasteiger partial charge in [0.15, 0.2) is 0 Å². The van der Waals surface area contributed by atoms with E-state index in [1.807, 2.05) is 0 Å². The van der Waals surface area contributed by atoms with Gasteiger partial charge >= 0.3 is 0 Å². The van der Waals surface area contributed by atoms with Gasteiger partial charge in [0.2, 0.25) is 0 Å². The average molecular weight is 286 g/mol. The highest BCUT2D eigenvalue weighted by Crippen LogP contribution is 2.14. The van der Waals surface area contributed by atoms with E-state index in [1.165, 1.54) is 0 Å². The van der Waals surface area contributed by atoms with Crippen LogP contribution >= 0.6 is 11.6 Å². The summed E-state index contributed by atoms with van der Waals surface area (Å²) in [6.07, 6.45) is 0. The number of halogens is 1. The second kappa shape index (κ2) is 6.76. The van der Waals surface area contributed by atoms with Crippen LogP contribution < -0.4 is 5.32 Å². The van der Waals surface area contributed by atoms with Crippen molar-refractivity contribution in [3.05, 3.63) is 64.7 Å². The third-order valence-corrected chi connectivity index (χ3v) is 2.81. The monoisotopic (exact) mass is 285 g/mol. The van der Waals surface area contributed by atoms with E-state index >= 15 is 0 Å². The molecule has 1 amide bonds. The van der Waals surface area contributed by atoms with Crippen molar-refractivity contribution < 1.29 is 9.90 Å². The molecule has 0 heterocycles. The quantitative estimate of drug-likeness (QED) is 0.834. The number of hydrogen-bond donors (Lipinski definition) is 2. The van der Waals surface area contributed by atoms with Crippen LogP contribution in [0.1, 0.15) is 15.9 Å². The largest absolute Gasteiger partial charge is 0.384 e. The SMILES string of the molecule is O=C(Nc1ccc(Cl)cc1)c1ccc(C#CCO)cc1. The summed E-state index contributed by atoms with van der Waals surface area (Å²) in [6, 6.07) is 13.7. The molecule has 2 rings (SSSR count). The first kappa shape index (κ1) is 14.1. The Kier molecular flexibility index (Phi) is 4.78. The third kappa shape index (κ3) is 3.86. The van der Waals surface area contributed by atoms with Gasteiger partial charge in [0, 0.05) is 21.8 Å². The molecule has 0 bridgehead atoms. The Morgan fingerprint density at radius 3 is 2.35 bits per heavy atom. The standard InChI is InChI=1S/C16H12ClNO2/c17-14-7-9-15(10-8-14)18-16(20)13-5-3-12(4-6-13)2-1-11-19/h3-10,19H,11H2,(H,18,20). The van der Waals surface area contributed by atoms with E-state index in [9.17, 15) is 4.79 Å². The van der Waals surface area contributed by atoms with Crippen molar-refractivity contribution >= 4 is 23.2 Å². The average Bonchev–Trinajstić information content (AvgIpc) is 2.48. The summed E-state index contributed by atoms with van der Waals surface area (Å²) in [5.74, 6) is 5.12. The van der Waals surface area contributed by atoms with Crippen molar-refractivity contribution in [2.75, 3.05) is 11.9 Å². The number of hydrogen-bond acceptors (Lipinski definition) is 2. The first-order valence-electron chi connectivity index (χ1n) is 5.96. The number of amides is 1. The van der Waals surface area contributed by atoms with Crippen molar-refractivity contribution in [1.82, 2.24) is 0 Å². The van der Waals surface area contributed by atoms with Crippen LogP contribution in [-0.2, 0) is 0 Å². The Bertz CT molecular complexity index is 652. The molecule has 0 saturated heterocycles. The van der Waals surface area contributed by atoms with Gasteiger partial charge < -0.3 is 10.4 Å². The van der Waals surface area contributed by atoms with Crippen LogP contribution in [0.2, 0.25) is 5.02 Å². The van der Waals surface area contributed by atoms with E-state index in [0.29, 0.717) is 16.3 Å². The van der Waals surface area contributed by atoms with Crippen LogP contribution in [-0.4, -0.2) is 17.6 Å². The smallest absolute Gasteiger partial charge is 0.255 e. The van der Waals surface area contributed by atoms with Gasteiger partial charge in [-0.25, -0.2) is 0 Å². The molecule has 0 aromatic heterocycles. The molecule has 0 spiro atoms. The van der Waals surface area contributed by atoms with Crippen molar-refractivity contribution in [2.24, 2.45) is 0 Å². The van der Waals surface area contributed by atoms with Crippen LogP contribution in [0.3, 0.4) is 0 Å². The maximum Gasteiger partial charge on any atom is 0.255 e. The molecular formula is C16H12ClNO2. The lowest BCUT2D eigenvalue weighted by Crippen LogP contribution is -2.11. The van der Waals surface area contributed by atoms with Gasteiger partial charge in [-0.15, -0.1) is 0 Å². The third-order valence-electron chi connectivity index (χ3n) is 2.56. The molecule has 4 heteroatoms. The highest BCUT2D eigenvalue weighted by molar-refractivity contribution is 6.30. The molecule has 20 heavy (non-hydrogen) atoms. The molecule has 2 aromatic rings. The van der Waals surface area contributed by atoms with Crippen molar-refractivity contribution in [3.63, 3.8) is 0 Å². The van der Waals surface area contributed by atoms with Gasteiger partial charge in [0.1, 0.15) is 6.61 Å². The number of anilines is 1. The van der Waals surface area contributed by atoms with Gasteiger partial charge in [-0.05, 0) is 48.5 Å². The van der Waals surface area contributed by atoms with E-state index in [-0.39, 0.29) is 12.5 Å². The number of carbonyl (C=O) groups is 1. The number of nitrogens with one attached hydrogen (secondary N) is 1. The minimum Gasteiger partial charge on any atom is -0.384 e. The zero-order chi connectivity index (χ0) is 14.4. The Balaban J connectivity index is 2.07. The van der Waals surface area contributed by atoms with Crippen molar-refractivity contribution in [3.8, 4) is 11.8 Å². The molecule has 0 saturated carbocycles. The molecule has 100 valence electrons. The Morgan fingerprint density at radius 1 is 1.10 bits per heavy atom. The fourth-order valence-electron chi connectivity index (χ4n) is 1.58. The summed E-state index contributed by atoms with van der Waals surface area (Å²) in [5.41, 5.74) is 1.97. The molecule has 0 unspecified atom stereocenters. The normalized spacial score (nSPS) is 9.50. The molecule has 3 nitrogen and oxygen atoms in total. The lowest BCUT2D eigenvalue weighted by atomic mass is 10.1. The Labute approximate surface area is 122 Å². The van der Waals surface area contributed by atoms with Gasteiger partial charge in [-0.2, -0.15) is 0 Å². The predicted octanol–water partition coefficient (Wildman–Crippen LogP) is 2.94. The maximum absolute atomic E-state index is 12.0. The summed E-state index contributed by atoms with van der Waals surface area (Å²) >= 11 is 5.78. The number of benzene rings is 2. The predicted molar refractivity (Wildman–Crippen MR) is 79.8 cm³/mol. The van der Waals surface area contributed by atoms with E-state index < -0.39 is 0 Å². The number of aliphatic hydroxyl groups is 1. The van der Waals surface area contributed by atoms with E-state index in [1.54, 1.807) is 48.5 Å². The molecular weight excluding hydrogens is 274 g/mol. The van der Waals surface area contributed by atoms with Crippen molar-refractivity contribution in [2.45, 2.75) is 0 Å². The molecule has 0 aliphatic heterocycles. The highest BCUT2D eigenvalue weighted by atomic mass is 35.5. The zero-order valence-corrected chi connectivity index (χ0v) is 11.3. The number of carbonyl (C=O) groups excluding carboxylic acids is 1. The summed E-state index contributed by atoms with van der Waals surface area (Å²) in [4.78, 5) is 12.0. The summed E-state index contributed by atoms with van der Waals surface area (Å²) < 4.78 is 0. The highest BCUT2D eigenvalue weighted by Gasteiger charge is 2.05. The summed E-state index contributed by atoms with van der Waals surface area (Å²) in [5, 5.41) is 12.0. The molecule has 0 radical (unpaired) electrons. The molecule has 0 aliphatic rings. The Hall–Kier alpha value is -2.28. The fourth-order valence-corrected chi connectivity index (χ4v) is 1.71. The van der Waals surface area contributed by atoms with Crippen LogP contribution in [0.4, 0.5) is 5.69 Å². The van der Waals surface area contributed by atoms with Crippen LogP contribution in [0.25, 0.3) is 0 Å². The molecule has 2 aromatic carbocycles. The van der Waals surface area contributed by atoms with Crippen LogP contribution in [0, 0.1) is 11.8 Å². The first-order chi connectivity index (χ1) is 9.69. The Morgan fingerprint density at radius 2 is 1.75 bits per heavy atom. The van der Waals surface area contributed by atoms with Crippen molar-refractivity contribution in [1.29, 1.82) is 0 Å². The van der Waals surface area contributed by atoms with Gasteiger partial charge in [-0.3, -0.25) is 4.79 Å². The summed E-state index contributed by atoms with van der Waals surface area (Å²) in [6.45, 7) is -0.182. The second-order valence-electron chi connectivity index (χ2n) is 4.00. The van der Waals surface area contributed by atoms with Gasteiger partial charge in [0.25, 0.3) is 5.91 Å². The fraction of sp³-hybridized carbons (Fsp3) is 0.0625. The molecule has 0 aliphatic carbocycles. The minimum absolute atomic E-state index is 0.182. The summed E-state index contributed by atoms with van der Waals surface area (Å²) in [7, 11) is 0. The van der Waals surface area contributed by atoms with Crippen LogP contribution in [0.5, 0.6) is 0 Å². The molecule has 0 atom stereocenters. The number of aliphatic hydroxyl groups excluding tert-OH is 1. The molecule has 2 N–H and O–H groups in total. The lowest BCUT2D eigenvalue weighted by Gasteiger charge is -2.05. The lowest BCUT2D eigenvalue weighted by molar-refractivity contribution is 0.102. The topological polar surface area (TPSA) is 49.3 Å². The van der Waals surface area contributed by atoms with E-state index in [2.05, 4.69) is 17.2 Å². The zero-order valence-electron chi connectivity index (χ0n) is 10.6. The van der Waals surface area contributed by atoms with Gasteiger partial charge in [0.05, 0.1) is 0 Å². The van der Waals surface area contributed by atoms with Crippen LogP contribution in [0.15, 0.2) is 48.5 Å².